The van der Waals surface area contributed by atoms with Gasteiger partial charge in [-0.2, -0.15) is 15.4 Å². The Morgan fingerprint density at radius 1 is 1.50 bits per heavy atom. The molecule has 0 aliphatic carbocycles. The Labute approximate surface area is 82.9 Å². The summed E-state index contributed by atoms with van der Waals surface area (Å²) in [6.45, 7) is 5.63. The monoisotopic (exact) mass is 198 g/mol. The molecule has 0 amide bonds. The molecule has 0 aromatic heterocycles. The Kier molecular flexibility index (Phi) is 3.38. The Morgan fingerprint density at radius 3 is 2.50 bits per heavy atom. The molecule has 0 aromatic rings. The van der Waals surface area contributed by atoms with Crippen LogP contribution in [0.25, 0.3) is 0 Å². The first-order chi connectivity index (χ1) is 6.61. The minimum absolute atomic E-state index is 0.563. The predicted molar refractivity (Wildman–Crippen MR) is 49.7 cm³/mol. The number of ether oxygens (including phenoxy) is 1. The van der Waals surface area contributed by atoms with Gasteiger partial charge in [0.1, 0.15) is 0 Å². The van der Waals surface area contributed by atoms with E-state index >= 15 is 0 Å². The molecule has 1 fully saturated rings. The van der Waals surface area contributed by atoms with Crippen LogP contribution in [0.1, 0.15) is 13.8 Å². The molecule has 6 heteroatoms. The van der Waals surface area contributed by atoms with E-state index < -0.39 is 5.54 Å². The first-order valence-corrected chi connectivity index (χ1v) is 4.49. The highest BCUT2D eigenvalue weighted by Gasteiger charge is 2.32. The number of rotatable bonds is 3. The van der Waals surface area contributed by atoms with Crippen LogP contribution in [0.5, 0.6) is 0 Å². The molecule has 0 radical (unpaired) electrons. The van der Waals surface area contributed by atoms with Gasteiger partial charge in [-0.15, -0.1) is 4.91 Å². The largest absolute Gasteiger partial charge is 0.379 e. The van der Waals surface area contributed by atoms with Gasteiger partial charge in [0, 0.05) is 13.1 Å². The zero-order valence-electron chi connectivity index (χ0n) is 8.43. The molecule has 1 saturated heterocycles. The fourth-order valence-electron chi connectivity index (χ4n) is 1.30. The molecule has 1 aliphatic heterocycles. The number of nitrogens with zero attached hydrogens (tertiary/aromatic N) is 4. The molecule has 14 heavy (non-hydrogen) atoms. The third kappa shape index (κ3) is 2.19. The van der Waals surface area contributed by atoms with Crippen LogP contribution in [0.4, 0.5) is 0 Å². The summed E-state index contributed by atoms with van der Waals surface area (Å²) in [7, 11) is 0. The van der Waals surface area contributed by atoms with Crippen molar-refractivity contribution in [3.05, 3.63) is 4.91 Å². The lowest BCUT2D eigenvalue weighted by Crippen LogP contribution is -2.54. The van der Waals surface area contributed by atoms with Crippen LogP contribution in [-0.4, -0.2) is 42.0 Å². The molecule has 0 spiro atoms. The lowest BCUT2D eigenvalue weighted by atomic mass is 10.1. The average molecular weight is 198 g/mol. The molecule has 1 heterocycles. The zero-order chi connectivity index (χ0) is 10.6. The maximum absolute atomic E-state index is 10.7. The van der Waals surface area contributed by atoms with Crippen molar-refractivity contribution in [2.24, 2.45) is 5.29 Å². The van der Waals surface area contributed by atoms with Crippen molar-refractivity contribution in [3.8, 4) is 6.07 Å². The van der Waals surface area contributed by atoms with Gasteiger partial charge in [0.2, 0.25) is 0 Å². The van der Waals surface area contributed by atoms with Crippen LogP contribution >= 0.6 is 0 Å². The van der Waals surface area contributed by atoms with Gasteiger partial charge >= 0.3 is 0 Å². The van der Waals surface area contributed by atoms with E-state index in [1.54, 1.807) is 18.9 Å². The molecule has 0 atom stereocenters. The van der Waals surface area contributed by atoms with E-state index in [0.29, 0.717) is 26.3 Å². The number of hydrazine groups is 1. The SMILES string of the molecule is CC(C)(C#N)N(N=O)N1CCOCC1. The van der Waals surface area contributed by atoms with Crippen molar-refractivity contribution >= 4 is 0 Å². The third-order valence-electron chi connectivity index (χ3n) is 2.11. The van der Waals surface area contributed by atoms with Crippen LogP contribution in [0.15, 0.2) is 5.29 Å². The molecule has 0 saturated carbocycles. The van der Waals surface area contributed by atoms with Gasteiger partial charge in [-0.05, 0) is 13.8 Å². The molecule has 0 unspecified atom stereocenters. The van der Waals surface area contributed by atoms with E-state index in [9.17, 15) is 4.91 Å². The van der Waals surface area contributed by atoms with Crippen LogP contribution in [0.3, 0.4) is 0 Å². The summed E-state index contributed by atoms with van der Waals surface area (Å²) in [5, 5.41) is 14.7. The maximum atomic E-state index is 10.7. The summed E-state index contributed by atoms with van der Waals surface area (Å²) in [6, 6.07) is 2.04. The summed E-state index contributed by atoms with van der Waals surface area (Å²) in [4.78, 5) is 10.7. The maximum Gasteiger partial charge on any atom is 0.158 e. The number of hydrogen-bond donors (Lipinski definition) is 0. The molecule has 1 aliphatic rings. The van der Waals surface area contributed by atoms with Crippen molar-refractivity contribution in [1.29, 1.82) is 5.26 Å². The van der Waals surface area contributed by atoms with Gasteiger partial charge in [-0.3, -0.25) is 0 Å². The van der Waals surface area contributed by atoms with Gasteiger partial charge in [0.15, 0.2) is 5.54 Å². The minimum atomic E-state index is -0.904. The van der Waals surface area contributed by atoms with Crippen molar-refractivity contribution < 1.29 is 4.74 Å². The molecular weight excluding hydrogens is 184 g/mol. The summed E-state index contributed by atoms with van der Waals surface area (Å²) in [5.41, 5.74) is -0.904. The van der Waals surface area contributed by atoms with Crippen molar-refractivity contribution in [2.75, 3.05) is 26.3 Å². The Bertz CT molecular complexity index is 242. The van der Waals surface area contributed by atoms with Crippen molar-refractivity contribution in [3.63, 3.8) is 0 Å². The lowest BCUT2D eigenvalue weighted by molar-refractivity contribution is -0.124. The van der Waals surface area contributed by atoms with E-state index in [0.717, 1.165) is 0 Å². The quantitative estimate of drug-likeness (QED) is 0.488. The number of hydrogen-bond acceptors (Lipinski definition) is 5. The highest BCUT2D eigenvalue weighted by molar-refractivity contribution is 4.99. The summed E-state index contributed by atoms with van der Waals surface area (Å²) >= 11 is 0. The molecular formula is C8H14N4O2. The van der Waals surface area contributed by atoms with Crippen LogP contribution in [0.2, 0.25) is 0 Å². The van der Waals surface area contributed by atoms with Gasteiger partial charge in [0.05, 0.1) is 24.6 Å². The summed E-state index contributed by atoms with van der Waals surface area (Å²) in [6.07, 6.45) is 0. The minimum Gasteiger partial charge on any atom is -0.379 e. The van der Waals surface area contributed by atoms with Crippen molar-refractivity contribution in [2.45, 2.75) is 19.4 Å². The summed E-state index contributed by atoms with van der Waals surface area (Å²) < 4.78 is 5.15. The fourth-order valence-corrected chi connectivity index (χ4v) is 1.30. The van der Waals surface area contributed by atoms with Gasteiger partial charge < -0.3 is 4.74 Å². The fraction of sp³-hybridized carbons (Fsp3) is 0.875. The Hall–Kier alpha value is -1.19. The normalized spacial score (nSPS) is 18.6. The van der Waals surface area contributed by atoms with E-state index in [1.165, 1.54) is 5.12 Å². The standard InChI is InChI=1S/C8H14N4O2/c1-8(2,7-9)12(10-13)11-3-5-14-6-4-11/h3-6H2,1-2H3. The second kappa shape index (κ2) is 4.35. The zero-order valence-corrected chi connectivity index (χ0v) is 8.43. The topological polar surface area (TPSA) is 68.9 Å². The number of morpholine rings is 1. The van der Waals surface area contributed by atoms with E-state index in [2.05, 4.69) is 5.29 Å². The predicted octanol–water partition coefficient (Wildman–Crippen LogP) is 0.519. The van der Waals surface area contributed by atoms with E-state index in [4.69, 9.17) is 10.00 Å². The van der Waals surface area contributed by atoms with Crippen LogP contribution in [0, 0.1) is 16.2 Å². The number of nitriles is 1. The summed E-state index contributed by atoms with van der Waals surface area (Å²) in [5.74, 6) is 0. The number of nitroso groups, excluding NO2 is 1. The average Bonchev–Trinajstić information content (AvgIpc) is 2.20. The first-order valence-electron chi connectivity index (χ1n) is 4.49. The molecule has 0 N–H and O–H groups in total. The molecule has 6 nitrogen and oxygen atoms in total. The second-order valence-corrected chi connectivity index (χ2v) is 3.61. The Balaban J connectivity index is 2.70. The smallest absolute Gasteiger partial charge is 0.158 e. The van der Waals surface area contributed by atoms with E-state index in [-0.39, 0.29) is 0 Å². The van der Waals surface area contributed by atoms with Crippen LogP contribution in [-0.2, 0) is 4.74 Å². The van der Waals surface area contributed by atoms with E-state index in [1.807, 2.05) is 6.07 Å². The highest BCUT2D eigenvalue weighted by Crippen LogP contribution is 2.17. The lowest BCUT2D eigenvalue weighted by Gasteiger charge is -2.38. The molecule has 1 rings (SSSR count). The second-order valence-electron chi connectivity index (χ2n) is 3.61. The highest BCUT2D eigenvalue weighted by atomic mass is 16.5. The van der Waals surface area contributed by atoms with Crippen LogP contribution < -0.4 is 0 Å². The molecule has 0 aromatic carbocycles. The van der Waals surface area contributed by atoms with Gasteiger partial charge in [-0.1, -0.05) is 0 Å². The Morgan fingerprint density at radius 2 is 2.07 bits per heavy atom. The molecule has 78 valence electrons. The third-order valence-corrected chi connectivity index (χ3v) is 2.11. The van der Waals surface area contributed by atoms with Crippen molar-refractivity contribution in [1.82, 2.24) is 10.1 Å². The van der Waals surface area contributed by atoms with Gasteiger partial charge in [-0.25, -0.2) is 0 Å². The molecule has 0 bridgehead atoms. The van der Waals surface area contributed by atoms with Gasteiger partial charge in [0.25, 0.3) is 0 Å². The first kappa shape index (κ1) is 10.9.